The highest BCUT2D eigenvalue weighted by Crippen LogP contribution is 2.27. The maximum absolute atomic E-state index is 13.4. The fraction of sp³-hybridized carbons (Fsp3) is 0.222. The van der Waals surface area contributed by atoms with Crippen molar-refractivity contribution in [3.8, 4) is 0 Å². The molecule has 0 radical (unpaired) electrons. The van der Waals surface area contributed by atoms with Gasteiger partial charge in [-0.1, -0.05) is 49.4 Å². The maximum Gasteiger partial charge on any atom is 0.255 e. The average Bonchev–Trinajstić information content (AvgIpc) is 3.21. The van der Waals surface area contributed by atoms with Gasteiger partial charge >= 0.3 is 0 Å². The summed E-state index contributed by atoms with van der Waals surface area (Å²) in [5, 5.41) is 2.88. The van der Waals surface area contributed by atoms with Crippen molar-refractivity contribution in [1.82, 2.24) is 4.90 Å². The number of nitrogens with zero attached hydrogens (tertiary/aromatic N) is 1. The molecule has 32 heavy (non-hydrogen) atoms. The van der Waals surface area contributed by atoms with Gasteiger partial charge in [0, 0.05) is 36.5 Å². The van der Waals surface area contributed by atoms with Crippen molar-refractivity contribution >= 4 is 30.1 Å². The Labute approximate surface area is 195 Å². The summed E-state index contributed by atoms with van der Waals surface area (Å²) >= 11 is 0. The smallest absolute Gasteiger partial charge is 0.255 e. The summed E-state index contributed by atoms with van der Waals surface area (Å²) < 4.78 is 13.4. The maximum atomic E-state index is 13.4. The van der Waals surface area contributed by atoms with Gasteiger partial charge in [-0.05, 0) is 65.9 Å². The van der Waals surface area contributed by atoms with Crippen LogP contribution in [0.25, 0.3) is 6.08 Å². The molecule has 0 aromatic heterocycles. The predicted octanol–water partition coefficient (Wildman–Crippen LogP) is 6.35. The van der Waals surface area contributed by atoms with Crippen LogP contribution in [0.2, 0.25) is 0 Å². The Kier molecular flexibility index (Phi) is 8.07. The highest BCUT2D eigenvalue weighted by atomic mass is 35.5. The molecule has 0 spiro atoms. The zero-order chi connectivity index (χ0) is 21.6. The lowest BCUT2D eigenvalue weighted by Crippen LogP contribution is -2.26. The monoisotopic (exact) mass is 450 g/mol. The Bertz CT molecular complexity index is 1110. The van der Waals surface area contributed by atoms with E-state index in [1.165, 1.54) is 29.0 Å². The molecule has 3 aromatic carbocycles. The van der Waals surface area contributed by atoms with E-state index in [4.69, 9.17) is 0 Å². The van der Waals surface area contributed by atoms with Crippen LogP contribution >= 0.6 is 12.4 Å². The summed E-state index contributed by atoms with van der Waals surface area (Å²) in [6.45, 7) is 4.16. The first-order valence-corrected chi connectivity index (χ1v) is 10.8. The first-order chi connectivity index (χ1) is 15.1. The molecule has 3 nitrogen and oxygen atoms in total. The van der Waals surface area contributed by atoms with Gasteiger partial charge in [0.25, 0.3) is 5.91 Å². The Morgan fingerprint density at radius 2 is 1.81 bits per heavy atom. The lowest BCUT2D eigenvalue weighted by Gasteiger charge is -2.26. The molecule has 0 atom stereocenters. The quantitative estimate of drug-likeness (QED) is 0.433. The number of benzene rings is 3. The Morgan fingerprint density at radius 3 is 2.59 bits per heavy atom. The number of carbonyl (C=O) groups excluding carboxylic acids is 1. The predicted molar refractivity (Wildman–Crippen MR) is 132 cm³/mol. The van der Waals surface area contributed by atoms with Gasteiger partial charge in [0.15, 0.2) is 0 Å². The number of anilines is 1. The van der Waals surface area contributed by atoms with Gasteiger partial charge in [-0.2, -0.15) is 0 Å². The van der Waals surface area contributed by atoms with Gasteiger partial charge in [0.05, 0.1) is 0 Å². The number of fused-ring (bicyclic) bond motifs is 1. The van der Waals surface area contributed by atoms with E-state index in [9.17, 15) is 9.18 Å². The molecule has 3 aromatic rings. The number of allylic oxidation sites excluding steroid dienone is 1. The largest absolute Gasteiger partial charge is 0.374 e. The molecule has 4 rings (SSSR count). The highest BCUT2D eigenvalue weighted by molar-refractivity contribution is 6.04. The number of hydrogen-bond acceptors (Lipinski definition) is 2. The van der Waals surface area contributed by atoms with Crippen molar-refractivity contribution in [2.75, 3.05) is 18.4 Å². The summed E-state index contributed by atoms with van der Waals surface area (Å²) in [6.07, 6.45) is 5.27. The second kappa shape index (κ2) is 11.0. The van der Waals surface area contributed by atoms with Crippen molar-refractivity contribution in [3.05, 3.63) is 107 Å². The normalized spacial score (nSPS) is 11.9. The van der Waals surface area contributed by atoms with E-state index in [-0.39, 0.29) is 18.3 Å². The van der Waals surface area contributed by atoms with Crippen molar-refractivity contribution in [2.45, 2.75) is 26.2 Å². The topological polar surface area (TPSA) is 32.3 Å². The minimum absolute atomic E-state index is 0. The molecule has 0 fully saturated rings. The number of nitrogens with one attached hydrogen (secondary N) is 1. The Hall–Kier alpha value is -3.11. The molecule has 0 saturated carbocycles. The third-order valence-corrected chi connectivity index (χ3v) is 5.59. The molecule has 0 bridgehead atoms. The van der Waals surface area contributed by atoms with Crippen LogP contribution in [0, 0.1) is 5.82 Å². The molecular formula is C27H28ClFN2O. The van der Waals surface area contributed by atoms with Crippen molar-refractivity contribution in [1.29, 1.82) is 0 Å². The minimum atomic E-state index is -0.416. The number of hydrogen-bond donors (Lipinski definition) is 1. The average molecular weight is 451 g/mol. The SMILES string of the molecule is CCCN(CCc1cccc(NC(=O)c2cccc(F)c2)c1)C1=Cc2ccccc2C1.Cl. The van der Waals surface area contributed by atoms with Gasteiger partial charge < -0.3 is 10.2 Å². The summed E-state index contributed by atoms with van der Waals surface area (Å²) in [7, 11) is 0. The molecule has 0 heterocycles. The van der Waals surface area contributed by atoms with Crippen molar-refractivity contribution in [2.24, 2.45) is 0 Å². The van der Waals surface area contributed by atoms with E-state index < -0.39 is 5.82 Å². The summed E-state index contributed by atoms with van der Waals surface area (Å²) in [6, 6.07) is 22.2. The van der Waals surface area contributed by atoms with Crippen LogP contribution in [0.4, 0.5) is 10.1 Å². The van der Waals surface area contributed by atoms with Crippen molar-refractivity contribution in [3.63, 3.8) is 0 Å². The Morgan fingerprint density at radius 1 is 1.00 bits per heavy atom. The third kappa shape index (κ3) is 5.77. The fourth-order valence-electron chi connectivity index (χ4n) is 4.04. The van der Waals surface area contributed by atoms with Gasteiger partial charge in [0.1, 0.15) is 5.82 Å². The number of amides is 1. The molecule has 0 aliphatic heterocycles. The van der Waals surface area contributed by atoms with Crippen LogP contribution < -0.4 is 5.32 Å². The lowest BCUT2D eigenvalue weighted by atomic mass is 10.1. The van der Waals surface area contributed by atoms with Crippen LogP contribution in [0.3, 0.4) is 0 Å². The molecular weight excluding hydrogens is 423 g/mol. The third-order valence-electron chi connectivity index (χ3n) is 5.59. The zero-order valence-electron chi connectivity index (χ0n) is 18.2. The van der Waals surface area contributed by atoms with Gasteiger partial charge in [-0.15, -0.1) is 12.4 Å². The van der Waals surface area contributed by atoms with Gasteiger partial charge in [0.2, 0.25) is 0 Å². The standard InChI is InChI=1S/C27H27FN2O.ClH/c1-2-14-30(26-18-21-8-3-4-9-22(21)19-26)15-13-20-7-5-12-25(16-20)29-27(31)23-10-6-11-24(28)17-23;/h3-12,16-18H,2,13-15,19H2,1H3,(H,29,31);1H. The van der Waals surface area contributed by atoms with E-state index >= 15 is 0 Å². The number of rotatable bonds is 8. The molecule has 1 aliphatic rings. The second-order valence-electron chi connectivity index (χ2n) is 7.91. The minimum Gasteiger partial charge on any atom is -0.374 e. The fourth-order valence-corrected chi connectivity index (χ4v) is 4.04. The molecule has 1 aliphatic carbocycles. The van der Waals surface area contributed by atoms with E-state index in [0.29, 0.717) is 5.56 Å². The van der Waals surface area contributed by atoms with Crippen LogP contribution in [0.5, 0.6) is 0 Å². The van der Waals surface area contributed by atoms with Crippen LogP contribution in [-0.4, -0.2) is 23.9 Å². The van der Waals surface area contributed by atoms with Crippen LogP contribution in [-0.2, 0) is 12.8 Å². The zero-order valence-corrected chi connectivity index (χ0v) is 19.0. The van der Waals surface area contributed by atoms with E-state index in [1.807, 2.05) is 18.2 Å². The first kappa shape index (κ1) is 23.6. The second-order valence-corrected chi connectivity index (χ2v) is 7.91. The molecule has 0 saturated heterocycles. The number of carbonyl (C=O) groups is 1. The number of halogens is 2. The first-order valence-electron chi connectivity index (χ1n) is 10.8. The summed E-state index contributed by atoms with van der Waals surface area (Å²) in [5.74, 6) is -0.723. The summed E-state index contributed by atoms with van der Waals surface area (Å²) in [5.41, 5.74) is 6.28. The van der Waals surface area contributed by atoms with Crippen LogP contribution in [0.1, 0.15) is 40.4 Å². The molecule has 1 amide bonds. The van der Waals surface area contributed by atoms with Gasteiger partial charge in [-0.25, -0.2) is 4.39 Å². The highest BCUT2D eigenvalue weighted by Gasteiger charge is 2.17. The Balaban J connectivity index is 0.00000289. The molecule has 166 valence electrons. The van der Waals surface area contributed by atoms with Gasteiger partial charge in [-0.3, -0.25) is 4.79 Å². The molecule has 0 unspecified atom stereocenters. The molecule has 5 heteroatoms. The van der Waals surface area contributed by atoms with E-state index in [0.717, 1.165) is 43.6 Å². The van der Waals surface area contributed by atoms with Crippen molar-refractivity contribution < 1.29 is 9.18 Å². The van der Waals surface area contributed by atoms with E-state index in [1.54, 1.807) is 12.1 Å². The molecule has 1 N–H and O–H groups in total. The van der Waals surface area contributed by atoms with Crippen LogP contribution in [0.15, 0.2) is 78.5 Å². The lowest BCUT2D eigenvalue weighted by molar-refractivity contribution is 0.102. The summed E-state index contributed by atoms with van der Waals surface area (Å²) in [4.78, 5) is 14.9. The van der Waals surface area contributed by atoms with E-state index in [2.05, 4.69) is 53.5 Å².